The van der Waals surface area contributed by atoms with E-state index in [4.69, 9.17) is 5.11 Å². The third kappa shape index (κ3) is 2.74. The van der Waals surface area contributed by atoms with Gasteiger partial charge >= 0.3 is 18.1 Å². The summed E-state index contributed by atoms with van der Waals surface area (Å²) in [6.45, 7) is 0. The molecule has 0 aliphatic carbocycles. The third-order valence-electron chi connectivity index (χ3n) is 2.70. The second-order valence-corrected chi connectivity index (χ2v) is 4.20. The average Bonchev–Trinajstić information content (AvgIpc) is 2.46. The topological polar surface area (TPSA) is 63.1 Å². The van der Waals surface area contributed by atoms with Gasteiger partial charge in [0.05, 0.1) is 5.69 Å². The second-order valence-electron chi connectivity index (χ2n) is 4.20. The van der Waals surface area contributed by atoms with Crippen LogP contribution < -0.4 is 0 Å². The zero-order valence-corrected chi connectivity index (χ0v) is 10.6. The Labute approximate surface area is 120 Å². The lowest BCUT2D eigenvalue weighted by atomic mass is 10.1. The first kappa shape index (κ1) is 15.8. The lowest BCUT2D eigenvalue weighted by Crippen LogP contribution is -2.35. The highest BCUT2D eigenvalue weighted by Crippen LogP contribution is 2.42. The molecule has 9 heteroatoms. The van der Waals surface area contributed by atoms with Crippen LogP contribution in [-0.4, -0.2) is 27.2 Å². The number of aromatic carboxylic acids is 1. The van der Waals surface area contributed by atoms with E-state index in [0.717, 1.165) is 0 Å². The maximum absolute atomic E-state index is 13.3. The molecule has 0 atom stereocenters. The molecule has 1 aromatic heterocycles. The van der Waals surface area contributed by atoms with E-state index in [2.05, 4.69) is 9.97 Å². The number of rotatable bonds is 3. The second kappa shape index (κ2) is 5.32. The van der Waals surface area contributed by atoms with Gasteiger partial charge in [-0.3, -0.25) is 0 Å². The lowest BCUT2D eigenvalue weighted by Gasteiger charge is -2.18. The van der Waals surface area contributed by atoms with Crippen molar-refractivity contribution in [1.29, 1.82) is 0 Å². The van der Waals surface area contributed by atoms with Crippen LogP contribution in [0, 0.1) is 0 Å². The van der Waals surface area contributed by atoms with Gasteiger partial charge in [-0.25, -0.2) is 14.8 Å². The van der Waals surface area contributed by atoms with E-state index in [1.807, 2.05) is 0 Å². The van der Waals surface area contributed by atoms with Crippen molar-refractivity contribution >= 4 is 5.97 Å². The normalized spacial score (nSPS) is 12.2. The zero-order valence-electron chi connectivity index (χ0n) is 10.6. The Hall–Kier alpha value is -2.58. The summed E-state index contributed by atoms with van der Waals surface area (Å²) in [5.74, 6) is -8.63. The van der Waals surface area contributed by atoms with Crippen molar-refractivity contribution in [2.24, 2.45) is 0 Å². The molecule has 0 bridgehead atoms. The van der Waals surface area contributed by atoms with Crippen LogP contribution >= 0.6 is 0 Å². The number of alkyl halides is 5. The fourth-order valence-electron chi connectivity index (χ4n) is 1.63. The summed E-state index contributed by atoms with van der Waals surface area (Å²) in [6, 6.07) is 7.17. The quantitative estimate of drug-likeness (QED) is 0.880. The fourth-order valence-corrected chi connectivity index (χ4v) is 1.63. The van der Waals surface area contributed by atoms with Gasteiger partial charge in [0.1, 0.15) is 5.56 Å². The molecular weight excluding hydrogens is 311 g/mol. The highest BCUT2D eigenvalue weighted by atomic mass is 19.4. The number of carbonyl (C=O) groups is 1. The molecule has 22 heavy (non-hydrogen) atoms. The molecule has 1 N–H and O–H groups in total. The van der Waals surface area contributed by atoms with Crippen LogP contribution in [0.3, 0.4) is 0 Å². The van der Waals surface area contributed by atoms with Gasteiger partial charge in [-0.15, -0.1) is 0 Å². The minimum Gasteiger partial charge on any atom is -0.478 e. The first-order valence-electron chi connectivity index (χ1n) is 5.75. The van der Waals surface area contributed by atoms with Gasteiger partial charge in [0.25, 0.3) is 0 Å². The van der Waals surface area contributed by atoms with E-state index in [9.17, 15) is 26.7 Å². The summed E-state index contributed by atoms with van der Waals surface area (Å²) in [4.78, 5) is 17.1. The molecule has 0 fully saturated rings. The molecule has 0 saturated carbocycles. The maximum Gasteiger partial charge on any atom is 0.461 e. The Bertz CT molecular complexity index is 701. The minimum absolute atomic E-state index is 0.0847. The smallest absolute Gasteiger partial charge is 0.461 e. The van der Waals surface area contributed by atoms with Crippen LogP contribution in [0.1, 0.15) is 16.2 Å². The SMILES string of the molecule is O=C(O)c1cnc(C(F)(F)C(F)(F)F)nc1-c1ccccc1. The number of benzene rings is 1. The number of halogens is 5. The summed E-state index contributed by atoms with van der Waals surface area (Å²) < 4.78 is 63.7. The van der Waals surface area contributed by atoms with Gasteiger partial charge in [0.15, 0.2) is 0 Å². The molecule has 0 unspecified atom stereocenters. The molecule has 1 heterocycles. The number of hydrogen-bond acceptors (Lipinski definition) is 3. The molecule has 0 radical (unpaired) electrons. The van der Waals surface area contributed by atoms with Gasteiger partial charge in [0, 0.05) is 11.8 Å². The van der Waals surface area contributed by atoms with Gasteiger partial charge in [-0.05, 0) is 0 Å². The van der Waals surface area contributed by atoms with Crippen LogP contribution in [0.4, 0.5) is 22.0 Å². The van der Waals surface area contributed by atoms with Crippen molar-refractivity contribution in [3.8, 4) is 11.3 Å². The summed E-state index contributed by atoms with van der Waals surface area (Å²) in [5.41, 5.74) is -1.00. The molecule has 0 saturated heterocycles. The molecule has 0 amide bonds. The summed E-state index contributed by atoms with van der Waals surface area (Å²) in [6.07, 6.45) is -5.45. The van der Waals surface area contributed by atoms with Gasteiger partial charge in [-0.2, -0.15) is 22.0 Å². The predicted octanol–water partition coefficient (Wildman–Crippen LogP) is 3.50. The van der Waals surface area contributed by atoms with Gasteiger partial charge in [0.2, 0.25) is 5.82 Å². The molecule has 0 aliphatic heterocycles. The average molecular weight is 318 g/mol. The molecule has 2 aromatic rings. The number of nitrogens with zero attached hydrogens (tertiary/aromatic N) is 2. The maximum atomic E-state index is 13.3. The van der Waals surface area contributed by atoms with Crippen molar-refractivity contribution in [2.45, 2.75) is 12.1 Å². The number of hydrogen-bond donors (Lipinski definition) is 1. The lowest BCUT2D eigenvalue weighted by molar-refractivity contribution is -0.292. The van der Waals surface area contributed by atoms with Gasteiger partial charge < -0.3 is 5.11 Å². The third-order valence-corrected chi connectivity index (χ3v) is 2.70. The van der Waals surface area contributed by atoms with Crippen LogP contribution in [-0.2, 0) is 5.92 Å². The van der Waals surface area contributed by atoms with Crippen molar-refractivity contribution in [2.75, 3.05) is 0 Å². The van der Waals surface area contributed by atoms with Crippen LogP contribution in [0.2, 0.25) is 0 Å². The number of aromatic nitrogens is 2. The van der Waals surface area contributed by atoms with Gasteiger partial charge in [-0.1, -0.05) is 30.3 Å². The Kier molecular flexibility index (Phi) is 3.82. The molecule has 116 valence electrons. The van der Waals surface area contributed by atoms with Crippen molar-refractivity contribution < 1.29 is 31.9 Å². The Morgan fingerprint density at radius 1 is 1.05 bits per heavy atom. The van der Waals surface area contributed by atoms with Crippen LogP contribution in [0.25, 0.3) is 11.3 Å². The van der Waals surface area contributed by atoms with Crippen molar-refractivity contribution in [3.63, 3.8) is 0 Å². The van der Waals surface area contributed by atoms with E-state index >= 15 is 0 Å². The van der Waals surface area contributed by atoms with Crippen LogP contribution in [0.15, 0.2) is 36.5 Å². The molecular formula is C13H7F5N2O2. The van der Waals surface area contributed by atoms with E-state index in [1.54, 1.807) is 6.07 Å². The van der Waals surface area contributed by atoms with E-state index in [1.165, 1.54) is 24.3 Å². The Morgan fingerprint density at radius 2 is 1.64 bits per heavy atom. The van der Waals surface area contributed by atoms with Crippen molar-refractivity contribution in [3.05, 3.63) is 47.9 Å². The number of carboxylic acids is 1. The van der Waals surface area contributed by atoms with E-state index in [0.29, 0.717) is 6.20 Å². The Morgan fingerprint density at radius 3 is 2.14 bits per heavy atom. The molecule has 2 rings (SSSR count). The zero-order chi connectivity index (χ0) is 16.5. The van der Waals surface area contributed by atoms with E-state index < -0.39 is 35.1 Å². The molecule has 0 spiro atoms. The molecule has 0 aliphatic rings. The molecule has 1 aromatic carbocycles. The van der Waals surface area contributed by atoms with Crippen LogP contribution in [0.5, 0.6) is 0 Å². The summed E-state index contributed by atoms with van der Waals surface area (Å²) >= 11 is 0. The van der Waals surface area contributed by atoms with Crippen molar-refractivity contribution in [1.82, 2.24) is 9.97 Å². The van der Waals surface area contributed by atoms with E-state index in [-0.39, 0.29) is 5.56 Å². The first-order valence-corrected chi connectivity index (χ1v) is 5.75. The monoisotopic (exact) mass is 318 g/mol. The Balaban J connectivity index is 2.66. The summed E-state index contributed by atoms with van der Waals surface area (Å²) in [7, 11) is 0. The minimum atomic E-state index is -5.88. The highest BCUT2D eigenvalue weighted by molar-refractivity contribution is 5.94. The predicted molar refractivity (Wildman–Crippen MR) is 64.4 cm³/mol. The summed E-state index contributed by atoms with van der Waals surface area (Å²) in [5, 5.41) is 8.99. The first-order chi connectivity index (χ1) is 10.1. The highest BCUT2D eigenvalue weighted by Gasteiger charge is 2.61. The largest absolute Gasteiger partial charge is 0.478 e. The standard InChI is InChI=1S/C13H7F5N2O2/c14-12(15,13(16,17)18)11-19-6-8(10(21)22)9(20-11)7-4-2-1-3-5-7/h1-6H,(H,21,22). The molecule has 4 nitrogen and oxygen atoms in total. The fraction of sp³-hybridized carbons (Fsp3) is 0.154. The number of carboxylic acid groups (broad SMARTS) is 1.